The minimum Gasteiger partial charge on any atom is -0.367 e. The first-order valence-electron chi connectivity index (χ1n) is 6.72. The average molecular weight is 294 g/mol. The Bertz CT molecular complexity index is 647. The molecule has 0 atom stereocenters. The van der Waals surface area contributed by atoms with Gasteiger partial charge in [0.25, 0.3) is 0 Å². The number of fused-ring (bicyclic) bond motifs is 1. The van der Waals surface area contributed by atoms with Crippen LogP contribution < -0.4 is 10.6 Å². The smallest absolute Gasteiger partial charge is 0.222 e. The molecular formula is C13H16ClN5O. The average Bonchev–Trinajstić information content (AvgIpc) is 3.00. The van der Waals surface area contributed by atoms with Gasteiger partial charge in [-0.05, 0) is 12.8 Å². The maximum absolute atomic E-state index is 11.2. The van der Waals surface area contributed by atoms with Crippen molar-refractivity contribution in [2.75, 3.05) is 10.6 Å². The minimum absolute atomic E-state index is 0.163. The van der Waals surface area contributed by atoms with Crippen LogP contribution in [0.1, 0.15) is 32.6 Å². The van der Waals surface area contributed by atoms with Gasteiger partial charge in [-0.25, -0.2) is 4.98 Å². The number of carbonyl (C=O) groups is 1. The molecule has 0 radical (unpaired) electrons. The first-order chi connectivity index (χ1) is 9.63. The topological polar surface area (TPSA) is 71.3 Å². The lowest BCUT2D eigenvalue weighted by molar-refractivity contribution is -0.114. The van der Waals surface area contributed by atoms with E-state index in [2.05, 4.69) is 20.7 Å². The van der Waals surface area contributed by atoms with Gasteiger partial charge in [-0.15, -0.1) is 0 Å². The van der Waals surface area contributed by atoms with E-state index in [1.165, 1.54) is 19.8 Å². The van der Waals surface area contributed by atoms with Gasteiger partial charge in [-0.1, -0.05) is 24.4 Å². The molecule has 0 saturated heterocycles. The number of rotatable bonds is 3. The van der Waals surface area contributed by atoms with Gasteiger partial charge in [-0.2, -0.15) is 9.61 Å². The Balaban J connectivity index is 2.00. The summed E-state index contributed by atoms with van der Waals surface area (Å²) in [6.45, 7) is 1.45. The van der Waals surface area contributed by atoms with Crippen molar-refractivity contribution in [3.8, 4) is 0 Å². The van der Waals surface area contributed by atoms with E-state index >= 15 is 0 Å². The van der Waals surface area contributed by atoms with E-state index in [1.807, 2.05) is 0 Å². The summed E-state index contributed by atoms with van der Waals surface area (Å²) in [5, 5.41) is 10.8. The summed E-state index contributed by atoms with van der Waals surface area (Å²) in [5.41, 5.74) is 0.540. The molecule has 0 aliphatic heterocycles. The highest BCUT2D eigenvalue weighted by molar-refractivity contribution is 6.33. The summed E-state index contributed by atoms with van der Waals surface area (Å²) in [5.74, 6) is 1.12. The number of nitrogens with zero attached hydrogens (tertiary/aromatic N) is 3. The lowest BCUT2D eigenvalue weighted by atomic mass is 10.2. The lowest BCUT2D eigenvalue weighted by Crippen LogP contribution is -2.18. The highest BCUT2D eigenvalue weighted by Crippen LogP contribution is 2.26. The molecule has 7 heteroatoms. The molecule has 1 fully saturated rings. The van der Waals surface area contributed by atoms with Crippen molar-refractivity contribution < 1.29 is 4.79 Å². The summed E-state index contributed by atoms with van der Waals surface area (Å²) in [4.78, 5) is 15.5. The number of hydrogen-bond donors (Lipinski definition) is 2. The van der Waals surface area contributed by atoms with Crippen molar-refractivity contribution in [3.05, 3.63) is 17.3 Å². The van der Waals surface area contributed by atoms with Crippen LogP contribution in [-0.2, 0) is 4.79 Å². The fourth-order valence-corrected chi connectivity index (χ4v) is 2.73. The summed E-state index contributed by atoms with van der Waals surface area (Å²) >= 11 is 6.08. The maximum atomic E-state index is 11.2. The Hall–Kier alpha value is -1.82. The van der Waals surface area contributed by atoms with Crippen molar-refractivity contribution in [2.45, 2.75) is 38.6 Å². The number of nitrogens with one attached hydrogen (secondary N) is 2. The van der Waals surface area contributed by atoms with Crippen molar-refractivity contribution in [1.29, 1.82) is 0 Å². The van der Waals surface area contributed by atoms with E-state index < -0.39 is 0 Å². The molecule has 20 heavy (non-hydrogen) atoms. The van der Waals surface area contributed by atoms with Crippen LogP contribution in [0, 0.1) is 0 Å². The molecule has 1 aliphatic rings. The molecular weight excluding hydrogens is 278 g/mol. The van der Waals surface area contributed by atoms with E-state index in [-0.39, 0.29) is 5.91 Å². The van der Waals surface area contributed by atoms with Crippen LogP contribution in [0.15, 0.2) is 12.3 Å². The monoisotopic (exact) mass is 293 g/mol. The number of anilines is 2. The molecule has 6 nitrogen and oxygen atoms in total. The Morgan fingerprint density at radius 2 is 2.20 bits per heavy atom. The second-order valence-corrected chi connectivity index (χ2v) is 5.47. The molecule has 1 aliphatic carbocycles. The van der Waals surface area contributed by atoms with Gasteiger partial charge in [0, 0.05) is 19.0 Å². The van der Waals surface area contributed by atoms with Gasteiger partial charge < -0.3 is 10.6 Å². The molecule has 1 saturated carbocycles. The molecule has 0 unspecified atom stereocenters. The third kappa shape index (κ3) is 2.56. The number of carbonyl (C=O) groups excluding carboxylic acids is 1. The highest BCUT2D eigenvalue weighted by Gasteiger charge is 2.18. The fourth-order valence-electron chi connectivity index (χ4n) is 2.56. The Morgan fingerprint density at radius 1 is 1.45 bits per heavy atom. The molecule has 1 amide bonds. The molecule has 3 rings (SSSR count). The zero-order valence-electron chi connectivity index (χ0n) is 11.2. The second-order valence-electron chi connectivity index (χ2n) is 5.06. The quantitative estimate of drug-likeness (QED) is 0.913. The lowest BCUT2D eigenvalue weighted by Gasteiger charge is -2.15. The first kappa shape index (κ1) is 13.2. The zero-order chi connectivity index (χ0) is 14.1. The zero-order valence-corrected chi connectivity index (χ0v) is 11.9. The summed E-state index contributed by atoms with van der Waals surface area (Å²) < 4.78 is 1.67. The van der Waals surface area contributed by atoms with Crippen LogP contribution in [0.2, 0.25) is 5.02 Å². The van der Waals surface area contributed by atoms with Gasteiger partial charge in [-0.3, -0.25) is 4.79 Å². The molecule has 2 heterocycles. The van der Waals surface area contributed by atoms with Gasteiger partial charge >= 0.3 is 0 Å². The van der Waals surface area contributed by atoms with Gasteiger partial charge in [0.05, 0.1) is 6.20 Å². The molecule has 2 N–H and O–H groups in total. The SMILES string of the molecule is CC(=O)Nc1cc(NC2CCCC2)n2ncc(Cl)c2n1. The Morgan fingerprint density at radius 3 is 2.90 bits per heavy atom. The number of aromatic nitrogens is 3. The Labute approximate surface area is 121 Å². The van der Waals surface area contributed by atoms with Gasteiger partial charge in [0.2, 0.25) is 5.91 Å². The first-order valence-corrected chi connectivity index (χ1v) is 7.09. The van der Waals surface area contributed by atoms with Crippen molar-refractivity contribution in [1.82, 2.24) is 14.6 Å². The van der Waals surface area contributed by atoms with Crippen LogP contribution in [0.25, 0.3) is 5.65 Å². The van der Waals surface area contributed by atoms with E-state index in [1.54, 1.807) is 16.8 Å². The molecule has 0 bridgehead atoms. The van der Waals surface area contributed by atoms with Crippen LogP contribution >= 0.6 is 11.6 Å². The van der Waals surface area contributed by atoms with Crippen molar-refractivity contribution in [3.63, 3.8) is 0 Å². The van der Waals surface area contributed by atoms with Crippen molar-refractivity contribution in [2.24, 2.45) is 0 Å². The van der Waals surface area contributed by atoms with Crippen LogP contribution in [0.5, 0.6) is 0 Å². The third-order valence-electron chi connectivity index (χ3n) is 3.44. The molecule has 0 spiro atoms. The summed E-state index contributed by atoms with van der Waals surface area (Å²) in [6, 6.07) is 2.23. The van der Waals surface area contributed by atoms with Crippen LogP contribution in [-0.4, -0.2) is 26.5 Å². The van der Waals surface area contributed by atoms with Gasteiger partial charge in [0.15, 0.2) is 5.65 Å². The molecule has 2 aromatic rings. The van der Waals surface area contributed by atoms with E-state index in [9.17, 15) is 4.79 Å². The third-order valence-corrected chi connectivity index (χ3v) is 3.71. The Kier molecular flexibility index (Phi) is 3.48. The second kappa shape index (κ2) is 5.28. The largest absolute Gasteiger partial charge is 0.367 e. The van der Waals surface area contributed by atoms with Crippen LogP contribution in [0.4, 0.5) is 11.6 Å². The normalized spacial score (nSPS) is 15.7. The van der Waals surface area contributed by atoms with E-state index in [4.69, 9.17) is 11.6 Å². The number of halogens is 1. The van der Waals surface area contributed by atoms with E-state index in [0.717, 1.165) is 18.7 Å². The van der Waals surface area contributed by atoms with Crippen LogP contribution in [0.3, 0.4) is 0 Å². The maximum Gasteiger partial charge on any atom is 0.222 e. The fraction of sp³-hybridized carbons (Fsp3) is 0.462. The summed E-state index contributed by atoms with van der Waals surface area (Å²) in [7, 11) is 0. The standard InChI is InChI=1S/C13H16ClN5O/c1-8(20)16-11-6-12(17-9-4-2-3-5-9)19-13(18-11)10(14)7-15-19/h6-7,9,17H,2-5H2,1H3,(H,16,18,20). The molecule has 2 aromatic heterocycles. The molecule has 106 valence electrons. The summed E-state index contributed by atoms with van der Waals surface area (Å²) in [6.07, 6.45) is 6.33. The predicted molar refractivity (Wildman–Crippen MR) is 78.2 cm³/mol. The molecule has 0 aromatic carbocycles. The van der Waals surface area contributed by atoms with Crippen molar-refractivity contribution >= 4 is 34.8 Å². The minimum atomic E-state index is -0.163. The number of hydrogen-bond acceptors (Lipinski definition) is 4. The number of amides is 1. The van der Waals surface area contributed by atoms with Gasteiger partial charge in [0.1, 0.15) is 16.7 Å². The van der Waals surface area contributed by atoms with E-state index in [0.29, 0.717) is 22.5 Å². The highest BCUT2D eigenvalue weighted by atomic mass is 35.5. The predicted octanol–water partition coefficient (Wildman–Crippen LogP) is 2.70.